The zero-order valence-corrected chi connectivity index (χ0v) is 13.6. The molecule has 5 nitrogen and oxygen atoms in total. The fraction of sp³-hybridized carbons (Fsp3) is 0.938. The summed E-state index contributed by atoms with van der Waals surface area (Å²) in [5.41, 5.74) is 0.623. The van der Waals surface area contributed by atoms with Crippen LogP contribution in [0.2, 0.25) is 0 Å². The maximum Gasteiger partial charge on any atom is 0.194 e. The van der Waals surface area contributed by atoms with E-state index in [1.807, 2.05) is 0 Å². The van der Waals surface area contributed by atoms with Gasteiger partial charge >= 0.3 is 0 Å². The molecule has 2 heterocycles. The van der Waals surface area contributed by atoms with Crippen LogP contribution in [0.3, 0.4) is 0 Å². The van der Waals surface area contributed by atoms with Crippen LogP contribution < -0.4 is 5.32 Å². The van der Waals surface area contributed by atoms with E-state index in [1.54, 1.807) is 0 Å². The third-order valence-electron chi connectivity index (χ3n) is 5.27. The highest BCUT2D eigenvalue weighted by molar-refractivity contribution is 5.80. The van der Waals surface area contributed by atoms with Crippen LogP contribution in [-0.4, -0.2) is 74.8 Å². The molecule has 5 heteroatoms. The topological polar surface area (TPSA) is 40.1 Å². The van der Waals surface area contributed by atoms with Crippen molar-refractivity contribution in [2.75, 3.05) is 52.9 Å². The summed E-state index contributed by atoms with van der Waals surface area (Å²) in [6, 6.07) is 0. The fourth-order valence-corrected chi connectivity index (χ4v) is 3.79. The minimum Gasteiger partial charge on any atom is -0.374 e. The number of ether oxygens (including phenoxy) is 1. The Morgan fingerprint density at radius 1 is 1.33 bits per heavy atom. The van der Waals surface area contributed by atoms with E-state index in [0.717, 1.165) is 45.3 Å². The second kappa shape index (κ2) is 6.53. The molecule has 0 aromatic heterocycles. The van der Waals surface area contributed by atoms with Crippen molar-refractivity contribution in [1.82, 2.24) is 15.1 Å². The van der Waals surface area contributed by atoms with Gasteiger partial charge in [0.05, 0.1) is 19.3 Å². The van der Waals surface area contributed by atoms with E-state index in [9.17, 15) is 0 Å². The second-order valence-electron chi connectivity index (χ2n) is 6.97. The lowest BCUT2D eigenvalue weighted by Crippen LogP contribution is -2.44. The molecule has 2 saturated heterocycles. The molecule has 21 heavy (non-hydrogen) atoms. The first-order valence-electron chi connectivity index (χ1n) is 8.54. The number of guanidine groups is 1. The van der Waals surface area contributed by atoms with Crippen LogP contribution in [0.25, 0.3) is 0 Å². The highest BCUT2D eigenvalue weighted by Gasteiger charge is 2.43. The predicted octanol–water partition coefficient (Wildman–Crippen LogP) is 1.16. The van der Waals surface area contributed by atoms with Crippen molar-refractivity contribution >= 4 is 5.96 Å². The number of rotatable bonds is 3. The summed E-state index contributed by atoms with van der Waals surface area (Å²) >= 11 is 0. The molecular formula is C16H30N4O. The van der Waals surface area contributed by atoms with Gasteiger partial charge in [-0.15, -0.1) is 0 Å². The Morgan fingerprint density at radius 3 is 2.81 bits per heavy atom. The molecule has 3 rings (SSSR count). The summed E-state index contributed by atoms with van der Waals surface area (Å²) in [5.74, 6) is 1.10. The molecule has 0 radical (unpaired) electrons. The normalized spacial score (nSPS) is 29.7. The molecule has 3 aliphatic rings. The highest BCUT2D eigenvalue weighted by atomic mass is 16.5. The third-order valence-corrected chi connectivity index (χ3v) is 5.27. The van der Waals surface area contributed by atoms with Gasteiger partial charge in [-0.3, -0.25) is 4.99 Å². The Hall–Kier alpha value is -0.810. The van der Waals surface area contributed by atoms with Gasteiger partial charge in [0.1, 0.15) is 0 Å². The van der Waals surface area contributed by atoms with Gasteiger partial charge in [-0.2, -0.15) is 0 Å². The molecule has 2 aliphatic heterocycles. The summed E-state index contributed by atoms with van der Waals surface area (Å²) < 4.78 is 5.82. The molecule has 0 aromatic carbocycles. The van der Waals surface area contributed by atoms with Crippen molar-refractivity contribution in [3.8, 4) is 0 Å². The minimum absolute atomic E-state index is 0.248. The Bertz CT molecular complexity index is 380. The number of nitrogens with one attached hydrogen (secondary N) is 1. The molecule has 1 N–H and O–H groups in total. The lowest BCUT2D eigenvalue weighted by molar-refractivity contribution is -0.0137. The monoisotopic (exact) mass is 294 g/mol. The van der Waals surface area contributed by atoms with E-state index in [-0.39, 0.29) is 6.10 Å². The van der Waals surface area contributed by atoms with Gasteiger partial charge in [0.15, 0.2) is 5.96 Å². The Kier molecular flexibility index (Phi) is 4.69. The molecular weight excluding hydrogens is 264 g/mol. The highest BCUT2D eigenvalue weighted by Crippen LogP contribution is 2.47. The van der Waals surface area contributed by atoms with Crippen LogP contribution in [-0.2, 0) is 4.74 Å². The molecule has 1 atom stereocenters. The number of hydrogen-bond acceptors (Lipinski definition) is 3. The molecule has 1 saturated carbocycles. The summed E-state index contributed by atoms with van der Waals surface area (Å²) in [6.45, 7) is 9.09. The van der Waals surface area contributed by atoms with E-state index < -0.39 is 0 Å². The van der Waals surface area contributed by atoms with E-state index in [1.165, 1.54) is 32.2 Å². The number of likely N-dealkylation sites (N-methyl/N-ethyl adjacent to an activating group) is 1. The standard InChI is InChI=1S/C16H30N4O/c1-3-17-15(18-11-14-12-19(2)9-10-21-14)20-8-7-16(13-20)5-4-6-16/h14H,3-13H2,1-2H3,(H,17,18). The van der Waals surface area contributed by atoms with Crippen LogP contribution in [0.4, 0.5) is 0 Å². The quantitative estimate of drug-likeness (QED) is 0.626. The third kappa shape index (κ3) is 3.51. The summed E-state index contributed by atoms with van der Waals surface area (Å²) in [6.07, 6.45) is 5.85. The summed E-state index contributed by atoms with van der Waals surface area (Å²) in [4.78, 5) is 9.65. The van der Waals surface area contributed by atoms with Crippen LogP contribution >= 0.6 is 0 Å². The summed E-state index contributed by atoms with van der Waals surface area (Å²) in [7, 11) is 2.16. The largest absolute Gasteiger partial charge is 0.374 e. The van der Waals surface area contributed by atoms with Crippen LogP contribution in [0.1, 0.15) is 32.6 Å². The number of aliphatic imine (C=N–C) groups is 1. The smallest absolute Gasteiger partial charge is 0.194 e. The number of hydrogen-bond donors (Lipinski definition) is 1. The average Bonchev–Trinajstić information content (AvgIpc) is 2.89. The van der Waals surface area contributed by atoms with E-state index in [2.05, 4.69) is 29.1 Å². The van der Waals surface area contributed by atoms with Crippen LogP contribution in [0.15, 0.2) is 4.99 Å². The minimum atomic E-state index is 0.248. The molecule has 0 amide bonds. The van der Waals surface area contributed by atoms with E-state index in [0.29, 0.717) is 5.41 Å². The lowest BCUT2D eigenvalue weighted by Gasteiger charge is -2.38. The van der Waals surface area contributed by atoms with Crippen LogP contribution in [0, 0.1) is 5.41 Å². The molecule has 3 fully saturated rings. The van der Waals surface area contributed by atoms with E-state index >= 15 is 0 Å². The first-order valence-corrected chi connectivity index (χ1v) is 8.54. The average molecular weight is 294 g/mol. The molecule has 1 unspecified atom stereocenters. The molecule has 120 valence electrons. The van der Waals surface area contributed by atoms with Crippen molar-refractivity contribution in [2.24, 2.45) is 10.4 Å². The maximum atomic E-state index is 5.82. The lowest BCUT2D eigenvalue weighted by atomic mass is 9.68. The molecule has 1 aliphatic carbocycles. The Labute approximate surface area is 128 Å². The first-order chi connectivity index (χ1) is 10.2. The zero-order chi connectivity index (χ0) is 14.7. The second-order valence-corrected chi connectivity index (χ2v) is 6.97. The molecule has 1 spiro atoms. The Morgan fingerprint density at radius 2 is 2.19 bits per heavy atom. The fourth-order valence-electron chi connectivity index (χ4n) is 3.79. The van der Waals surface area contributed by atoms with Gasteiger partial charge in [0.25, 0.3) is 0 Å². The van der Waals surface area contributed by atoms with Crippen molar-refractivity contribution in [3.05, 3.63) is 0 Å². The van der Waals surface area contributed by atoms with Gasteiger partial charge in [-0.25, -0.2) is 0 Å². The van der Waals surface area contributed by atoms with Gasteiger partial charge < -0.3 is 19.9 Å². The van der Waals surface area contributed by atoms with Gasteiger partial charge in [0, 0.05) is 32.7 Å². The molecule has 0 aromatic rings. The zero-order valence-electron chi connectivity index (χ0n) is 13.6. The summed E-state index contributed by atoms with van der Waals surface area (Å²) in [5, 5.41) is 3.47. The van der Waals surface area contributed by atoms with Gasteiger partial charge in [-0.05, 0) is 38.6 Å². The van der Waals surface area contributed by atoms with Crippen molar-refractivity contribution < 1.29 is 4.74 Å². The van der Waals surface area contributed by atoms with Crippen molar-refractivity contribution in [1.29, 1.82) is 0 Å². The molecule has 0 bridgehead atoms. The van der Waals surface area contributed by atoms with Crippen LogP contribution in [0.5, 0.6) is 0 Å². The predicted molar refractivity (Wildman–Crippen MR) is 85.7 cm³/mol. The Balaban J connectivity index is 1.57. The number of morpholine rings is 1. The SMILES string of the molecule is CCNC(=NCC1CN(C)CCO1)N1CCC2(CCC2)C1. The number of likely N-dealkylation sites (tertiary alicyclic amines) is 1. The van der Waals surface area contributed by atoms with Crippen molar-refractivity contribution in [2.45, 2.75) is 38.7 Å². The van der Waals surface area contributed by atoms with Crippen molar-refractivity contribution in [3.63, 3.8) is 0 Å². The van der Waals surface area contributed by atoms with E-state index in [4.69, 9.17) is 9.73 Å². The van der Waals surface area contributed by atoms with Gasteiger partial charge in [-0.1, -0.05) is 6.42 Å². The first kappa shape index (κ1) is 15.1. The number of nitrogens with zero attached hydrogens (tertiary/aromatic N) is 3. The van der Waals surface area contributed by atoms with Gasteiger partial charge in [0.2, 0.25) is 0 Å². The maximum absolute atomic E-state index is 5.82.